The zero-order valence-electron chi connectivity index (χ0n) is 18.3. The zero-order chi connectivity index (χ0) is 23.6. The number of nitrogens with two attached hydrogens (primary N) is 1. The van der Waals surface area contributed by atoms with Gasteiger partial charge in [0.2, 0.25) is 0 Å². The molecule has 0 atom stereocenters. The number of carbonyl (C=O) groups excluding carboxylic acids is 2. The van der Waals surface area contributed by atoms with Gasteiger partial charge in [-0.15, -0.1) is 0 Å². The molecule has 2 amide bonds. The third-order valence-corrected chi connectivity index (χ3v) is 7.24. The number of thiocarbonyl (C=S) groups is 1. The molecule has 0 saturated carbocycles. The Balaban J connectivity index is 0.00000385. The fourth-order valence-corrected chi connectivity index (χ4v) is 4.96. The van der Waals surface area contributed by atoms with Crippen molar-refractivity contribution in [3.8, 4) is 0 Å². The molecule has 2 N–H and O–H groups in total. The average Bonchev–Trinajstić information content (AvgIpc) is 3.05. The molecule has 9 nitrogen and oxygen atoms in total. The molecular formula is C20H21N4NaO5S3. The third kappa shape index (κ3) is 6.47. The average molecular weight is 517 g/mol. The minimum atomic E-state index is -4.30. The molecule has 0 aromatic heterocycles. The van der Waals surface area contributed by atoms with E-state index in [0.29, 0.717) is 12.2 Å². The number of benzene rings is 1. The van der Waals surface area contributed by atoms with Gasteiger partial charge in [0.1, 0.15) is 5.57 Å². The van der Waals surface area contributed by atoms with Gasteiger partial charge in [-0.05, 0) is 49.0 Å². The van der Waals surface area contributed by atoms with Crippen LogP contribution in [0.2, 0.25) is 0 Å². The molecule has 0 bridgehead atoms. The van der Waals surface area contributed by atoms with E-state index in [1.165, 1.54) is 41.7 Å². The fourth-order valence-electron chi connectivity index (χ4n) is 3.16. The summed E-state index contributed by atoms with van der Waals surface area (Å²) >= 11 is 6.51. The summed E-state index contributed by atoms with van der Waals surface area (Å²) in [6.45, 7) is 0.330. The standard InChI is InChI=1S/C20H22N4O5S3.Na/c1-22-18(25)14(19(26)23(2)20(22)30)6-3-4-7-17-24(10-5-11-32(27,28)29)15-9-8-13(21)12-16(15)31-17;/h3-4,6-9,12H,5,10-11,21H2,1-2H3,(H,27,28,29);/q;+1/p-1/b4-3+,17-7-;. The van der Waals surface area contributed by atoms with Gasteiger partial charge in [-0.3, -0.25) is 19.4 Å². The van der Waals surface area contributed by atoms with E-state index < -0.39 is 27.7 Å². The minimum Gasteiger partial charge on any atom is -0.748 e. The number of fused-ring (bicyclic) bond motifs is 1. The number of likely N-dealkylation sites (N-methyl/N-ethyl adjacent to an activating group) is 2. The van der Waals surface area contributed by atoms with Crippen molar-refractivity contribution in [2.75, 3.05) is 37.0 Å². The van der Waals surface area contributed by atoms with E-state index in [4.69, 9.17) is 18.0 Å². The van der Waals surface area contributed by atoms with Crippen LogP contribution in [0.3, 0.4) is 0 Å². The number of nitrogen functional groups attached to an aromatic ring is 1. The molecule has 1 aromatic carbocycles. The zero-order valence-corrected chi connectivity index (χ0v) is 22.8. The van der Waals surface area contributed by atoms with Gasteiger partial charge in [-0.2, -0.15) is 0 Å². The molecule has 0 spiro atoms. The monoisotopic (exact) mass is 516 g/mol. The van der Waals surface area contributed by atoms with E-state index in [1.807, 2.05) is 17.0 Å². The van der Waals surface area contributed by atoms with Crippen molar-refractivity contribution in [1.29, 1.82) is 0 Å². The van der Waals surface area contributed by atoms with Gasteiger partial charge in [0, 0.05) is 37.0 Å². The molecule has 0 aliphatic carbocycles. The normalized spacial score (nSPS) is 17.8. The summed E-state index contributed by atoms with van der Waals surface area (Å²) in [6.07, 6.45) is 6.62. The summed E-state index contributed by atoms with van der Waals surface area (Å²) in [4.78, 5) is 30.0. The Labute approximate surface area is 224 Å². The predicted molar refractivity (Wildman–Crippen MR) is 127 cm³/mol. The third-order valence-electron chi connectivity index (χ3n) is 4.79. The Kier molecular flexibility index (Phi) is 9.33. The van der Waals surface area contributed by atoms with Crippen molar-refractivity contribution >= 4 is 62.4 Å². The van der Waals surface area contributed by atoms with E-state index in [2.05, 4.69) is 0 Å². The first-order chi connectivity index (χ1) is 15.0. The predicted octanol–water partition coefficient (Wildman–Crippen LogP) is -1.34. The van der Waals surface area contributed by atoms with Gasteiger partial charge in [0.15, 0.2) is 5.11 Å². The van der Waals surface area contributed by atoms with Crippen LogP contribution in [0.25, 0.3) is 0 Å². The van der Waals surface area contributed by atoms with Gasteiger partial charge in [-0.25, -0.2) is 8.42 Å². The summed E-state index contributed by atoms with van der Waals surface area (Å²) in [5.41, 5.74) is 7.32. The Morgan fingerprint density at radius 3 is 2.33 bits per heavy atom. The van der Waals surface area contributed by atoms with Crippen LogP contribution >= 0.6 is 24.0 Å². The number of anilines is 2. The largest absolute Gasteiger partial charge is 1.00 e. The minimum absolute atomic E-state index is 0. The first-order valence-corrected chi connectivity index (χ1v) is 12.3. The van der Waals surface area contributed by atoms with Gasteiger partial charge in [-0.1, -0.05) is 23.9 Å². The van der Waals surface area contributed by atoms with Crippen molar-refractivity contribution in [1.82, 2.24) is 9.80 Å². The Bertz CT molecular complexity index is 1150. The summed E-state index contributed by atoms with van der Waals surface area (Å²) in [7, 11) is -1.29. The maximum atomic E-state index is 12.3. The molecule has 1 aromatic rings. The first kappa shape index (κ1) is 27.6. The molecule has 1 fully saturated rings. The maximum Gasteiger partial charge on any atom is 1.00 e. The van der Waals surface area contributed by atoms with Crippen LogP contribution in [0.15, 0.2) is 58.0 Å². The SMILES string of the molecule is CN1C(=O)C(=C/C=C/C=C2\Sc3cc(N)ccc3N2CCCS(=O)(=O)[O-])C(=O)N(C)C1=S.[Na+]. The fraction of sp³-hybridized carbons (Fsp3) is 0.250. The molecule has 0 unspecified atom stereocenters. The number of rotatable bonds is 6. The second kappa shape index (κ2) is 11.2. The van der Waals surface area contributed by atoms with Crippen molar-refractivity contribution in [3.05, 3.63) is 53.1 Å². The van der Waals surface area contributed by atoms with Crippen molar-refractivity contribution in [2.24, 2.45) is 0 Å². The van der Waals surface area contributed by atoms with E-state index >= 15 is 0 Å². The second-order valence-electron chi connectivity index (χ2n) is 7.08. The van der Waals surface area contributed by atoms with Crippen LogP contribution in [-0.2, 0) is 19.7 Å². The molecular weight excluding hydrogens is 495 g/mol. The number of hydrogen-bond donors (Lipinski definition) is 1. The van der Waals surface area contributed by atoms with Gasteiger partial charge in [0.05, 0.1) is 20.8 Å². The molecule has 2 heterocycles. The van der Waals surface area contributed by atoms with Crippen molar-refractivity contribution < 1.29 is 52.1 Å². The Morgan fingerprint density at radius 1 is 1.12 bits per heavy atom. The molecule has 2 aliphatic heterocycles. The van der Waals surface area contributed by atoms with Gasteiger partial charge >= 0.3 is 29.6 Å². The summed E-state index contributed by atoms with van der Waals surface area (Å²) < 4.78 is 32.9. The van der Waals surface area contributed by atoms with Crippen LogP contribution < -0.4 is 40.2 Å². The van der Waals surface area contributed by atoms with Gasteiger partial charge < -0.3 is 15.2 Å². The number of nitrogens with zero attached hydrogens (tertiary/aromatic N) is 3. The van der Waals surface area contributed by atoms with Crippen LogP contribution in [0.5, 0.6) is 0 Å². The molecule has 0 radical (unpaired) electrons. The quantitative estimate of drug-likeness (QED) is 0.122. The summed E-state index contributed by atoms with van der Waals surface area (Å²) in [5.74, 6) is -1.41. The van der Waals surface area contributed by atoms with Crippen molar-refractivity contribution in [2.45, 2.75) is 11.3 Å². The molecule has 170 valence electrons. The van der Waals surface area contributed by atoms with Crippen LogP contribution in [-0.4, -0.2) is 66.1 Å². The van der Waals surface area contributed by atoms with E-state index in [-0.39, 0.29) is 46.7 Å². The number of carbonyl (C=O) groups is 2. The number of thioether (sulfide) groups is 1. The van der Waals surface area contributed by atoms with E-state index in [1.54, 1.807) is 24.3 Å². The van der Waals surface area contributed by atoms with Gasteiger partial charge in [0.25, 0.3) is 11.8 Å². The van der Waals surface area contributed by atoms with Crippen LogP contribution in [0.1, 0.15) is 6.42 Å². The van der Waals surface area contributed by atoms with Crippen LogP contribution in [0, 0.1) is 0 Å². The summed E-state index contributed by atoms with van der Waals surface area (Å²) in [6, 6.07) is 5.40. The number of hydrogen-bond acceptors (Lipinski definition) is 9. The molecule has 13 heteroatoms. The molecule has 33 heavy (non-hydrogen) atoms. The number of amides is 2. The topological polar surface area (TPSA) is 127 Å². The smallest absolute Gasteiger partial charge is 0.748 e. The van der Waals surface area contributed by atoms with Crippen molar-refractivity contribution in [3.63, 3.8) is 0 Å². The molecule has 2 aliphatic rings. The first-order valence-electron chi connectivity index (χ1n) is 9.47. The number of allylic oxidation sites excluding steroid dienone is 4. The van der Waals surface area contributed by atoms with E-state index in [9.17, 15) is 22.6 Å². The molecule has 1 saturated heterocycles. The van der Waals surface area contributed by atoms with E-state index in [0.717, 1.165) is 15.6 Å². The molecule has 3 rings (SSSR count). The Morgan fingerprint density at radius 2 is 1.73 bits per heavy atom. The Hall–Kier alpha value is -1.67. The maximum absolute atomic E-state index is 12.3. The van der Waals surface area contributed by atoms with Crippen LogP contribution in [0.4, 0.5) is 11.4 Å². The summed E-state index contributed by atoms with van der Waals surface area (Å²) in [5, 5.41) is 0.929. The second-order valence-corrected chi connectivity index (χ2v) is 10.0.